The molecule has 8 heteroatoms. The third kappa shape index (κ3) is 3.48. The highest BCUT2D eigenvalue weighted by atomic mass is 79.9. The molecule has 25 heavy (non-hydrogen) atoms. The predicted octanol–water partition coefficient (Wildman–Crippen LogP) is 2.72. The monoisotopic (exact) mass is 403 g/mol. The zero-order chi connectivity index (χ0) is 18.1. The number of pyridine rings is 1. The number of nitrogens with one attached hydrogen (secondary N) is 1. The van der Waals surface area contributed by atoms with Gasteiger partial charge >= 0.3 is 0 Å². The van der Waals surface area contributed by atoms with Crippen molar-refractivity contribution in [1.82, 2.24) is 19.2 Å². The van der Waals surface area contributed by atoms with E-state index in [0.29, 0.717) is 17.0 Å². The molecule has 0 unspecified atom stereocenters. The fourth-order valence-corrected chi connectivity index (χ4v) is 3.00. The second kappa shape index (κ2) is 6.79. The standard InChI is InChI=1S/C17H18BrN5O2/c1-10(2)16-21-23(17(25)14-6-12(18)8-22(14)16)9-15(24)20-13-4-5-19-7-11(13)3/h4-8,10H,9H2,1-3H3,(H,19,20,24). The zero-order valence-corrected chi connectivity index (χ0v) is 15.7. The van der Waals surface area contributed by atoms with Gasteiger partial charge in [0.05, 0.1) is 0 Å². The van der Waals surface area contributed by atoms with E-state index in [9.17, 15) is 9.59 Å². The van der Waals surface area contributed by atoms with E-state index < -0.39 is 0 Å². The lowest BCUT2D eigenvalue weighted by atomic mass is 10.2. The molecule has 130 valence electrons. The number of aromatic nitrogens is 4. The van der Waals surface area contributed by atoms with Crippen molar-refractivity contribution in [3.63, 3.8) is 0 Å². The first-order chi connectivity index (χ1) is 11.9. The molecule has 0 radical (unpaired) electrons. The average molecular weight is 404 g/mol. The fourth-order valence-electron chi connectivity index (χ4n) is 2.57. The molecule has 3 heterocycles. The number of carbonyl (C=O) groups is 1. The van der Waals surface area contributed by atoms with E-state index in [1.165, 1.54) is 4.68 Å². The van der Waals surface area contributed by atoms with Gasteiger partial charge in [0.1, 0.15) is 17.9 Å². The first-order valence-corrected chi connectivity index (χ1v) is 8.65. The van der Waals surface area contributed by atoms with Gasteiger partial charge in [-0.15, -0.1) is 0 Å². The van der Waals surface area contributed by atoms with Crippen LogP contribution in [-0.2, 0) is 11.3 Å². The van der Waals surface area contributed by atoms with Crippen molar-refractivity contribution in [2.45, 2.75) is 33.2 Å². The molecule has 0 aromatic carbocycles. The Morgan fingerprint density at radius 2 is 2.16 bits per heavy atom. The molecule has 3 aromatic heterocycles. The maximum Gasteiger partial charge on any atom is 0.291 e. The number of aryl methyl sites for hydroxylation is 1. The van der Waals surface area contributed by atoms with Crippen LogP contribution in [0.3, 0.4) is 0 Å². The second-order valence-electron chi connectivity index (χ2n) is 6.13. The summed E-state index contributed by atoms with van der Waals surface area (Å²) in [5.41, 5.74) is 1.70. The molecule has 1 N–H and O–H groups in total. The molecule has 0 aliphatic heterocycles. The Kier molecular flexibility index (Phi) is 4.71. The Morgan fingerprint density at radius 3 is 2.84 bits per heavy atom. The summed E-state index contributed by atoms with van der Waals surface area (Å²) >= 11 is 3.39. The number of anilines is 1. The molecule has 1 amide bonds. The van der Waals surface area contributed by atoms with Crippen LogP contribution in [0.4, 0.5) is 5.69 Å². The highest BCUT2D eigenvalue weighted by molar-refractivity contribution is 9.10. The van der Waals surface area contributed by atoms with Crippen molar-refractivity contribution in [2.24, 2.45) is 0 Å². The third-order valence-electron chi connectivity index (χ3n) is 3.81. The largest absolute Gasteiger partial charge is 0.324 e. The molecular weight excluding hydrogens is 386 g/mol. The number of hydrogen-bond acceptors (Lipinski definition) is 4. The van der Waals surface area contributed by atoms with Crippen LogP contribution < -0.4 is 10.9 Å². The van der Waals surface area contributed by atoms with Crippen molar-refractivity contribution in [2.75, 3.05) is 5.32 Å². The topological polar surface area (TPSA) is 81.3 Å². The van der Waals surface area contributed by atoms with Crippen LogP contribution in [0.1, 0.15) is 31.2 Å². The summed E-state index contributed by atoms with van der Waals surface area (Å²) < 4.78 is 3.77. The normalized spacial score (nSPS) is 11.2. The number of fused-ring (bicyclic) bond motifs is 1. The van der Waals surface area contributed by atoms with Gasteiger partial charge in [-0.1, -0.05) is 13.8 Å². The van der Waals surface area contributed by atoms with Crippen molar-refractivity contribution in [1.29, 1.82) is 0 Å². The lowest BCUT2D eigenvalue weighted by Crippen LogP contribution is -2.32. The Balaban J connectivity index is 1.96. The molecule has 7 nitrogen and oxygen atoms in total. The Morgan fingerprint density at radius 1 is 1.40 bits per heavy atom. The summed E-state index contributed by atoms with van der Waals surface area (Å²) in [5, 5.41) is 7.18. The van der Waals surface area contributed by atoms with Crippen molar-refractivity contribution >= 4 is 33.0 Å². The SMILES string of the molecule is Cc1cnccc1NC(=O)Cn1nc(C(C)C)n2cc(Br)cc2c1=O. The van der Waals surface area contributed by atoms with Gasteiger partial charge in [-0.05, 0) is 40.5 Å². The lowest BCUT2D eigenvalue weighted by molar-refractivity contribution is -0.117. The lowest BCUT2D eigenvalue weighted by Gasteiger charge is -2.13. The Hall–Kier alpha value is -2.48. The van der Waals surface area contributed by atoms with Crippen LogP contribution in [0.2, 0.25) is 0 Å². The number of nitrogens with zero attached hydrogens (tertiary/aromatic N) is 4. The highest BCUT2D eigenvalue weighted by Crippen LogP contribution is 2.18. The van der Waals surface area contributed by atoms with Gasteiger partial charge in [-0.2, -0.15) is 5.10 Å². The van der Waals surface area contributed by atoms with Gasteiger partial charge in [0.25, 0.3) is 5.56 Å². The quantitative estimate of drug-likeness (QED) is 0.725. The molecule has 0 bridgehead atoms. The smallest absolute Gasteiger partial charge is 0.291 e. The van der Waals surface area contributed by atoms with Crippen LogP contribution >= 0.6 is 15.9 Å². The molecule has 3 rings (SSSR count). The first kappa shape index (κ1) is 17.3. The summed E-state index contributed by atoms with van der Waals surface area (Å²) in [6, 6.07) is 3.45. The van der Waals surface area contributed by atoms with E-state index >= 15 is 0 Å². The van der Waals surface area contributed by atoms with Crippen molar-refractivity contribution in [3.05, 3.63) is 56.9 Å². The molecular formula is C17H18BrN5O2. The number of carbonyl (C=O) groups excluding carboxylic acids is 1. The highest BCUT2D eigenvalue weighted by Gasteiger charge is 2.16. The molecule has 0 spiro atoms. The van der Waals surface area contributed by atoms with Crippen LogP contribution in [0.25, 0.3) is 5.52 Å². The van der Waals surface area contributed by atoms with E-state index in [1.807, 2.05) is 27.0 Å². The molecule has 3 aromatic rings. The molecule has 0 atom stereocenters. The van der Waals surface area contributed by atoms with E-state index in [2.05, 4.69) is 31.3 Å². The summed E-state index contributed by atoms with van der Waals surface area (Å²) in [6.45, 7) is 5.68. The number of amides is 1. The molecule has 0 saturated heterocycles. The number of rotatable bonds is 4. The van der Waals surface area contributed by atoms with Crippen molar-refractivity contribution in [3.8, 4) is 0 Å². The van der Waals surface area contributed by atoms with Gasteiger partial charge < -0.3 is 5.32 Å². The van der Waals surface area contributed by atoms with Crippen LogP contribution in [0.15, 0.2) is 40.0 Å². The maximum atomic E-state index is 12.6. The molecule has 0 aliphatic carbocycles. The summed E-state index contributed by atoms with van der Waals surface area (Å²) in [4.78, 5) is 29.0. The van der Waals surface area contributed by atoms with Crippen molar-refractivity contribution < 1.29 is 4.79 Å². The molecule has 0 aliphatic rings. The van der Waals surface area contributed by atoms with Gasteiger partial charge in [0.2, 0.25) is 5.91 Å². The minimum atomic E-state index is -0.312. The zero-order valence-electron chi connectivity index (χ0n) is 14.2. The Bertz CT molecular complexity index is 1010. The minimum Gasteiger partial charge on any atom is -0.324 e. The average Bonchev–Trinajstić information content (AvgIpc) is 2.94. The predicted molar refractivity (Wildman–Crippen MR) is 98.8 cm³/mol. The van der Waals surface area contributed by atoms with E-state index in [1.54, 1.807) is 28.9 Å². The van der Waals surface area contributed by atoms with Crippen LogP contribution in [0, 0.1) is 6.92 Å². The third-order valence-corrected chi connectivity index (χ3v) is 4.25. The van der Waals surface area contributed by atoms with Gasteiger partial charge in [0, 0.05) is 34.7 Å². The van der Waals surface area contributed by atoms with E-state index in [4.69, 9.17) is 0 Å². The van der Waals surface area contributed by atoms with E-state index in [-0.39, 0.29) is 23.9 Å². The van der Waals surface area contributed by atoms with E-state index in [0.717, 1.165) is 10.0 Å². The van der Waals surface area contributed by atoms with Gasteiger partial charge in [-0.3, -0.25) is 19.0 Å². The fraction of sp³-hybridized carbons (Fsp3) is 0.294. The molecule has 0 fully saturated rings. The minimum absolute atomic E-state index is 0.0964. The first-order valence-electron chi connectivity index (χ1n) is 7.86. The Labute approximate surface area is 152 Å². The number of halogens is 1. The maximum absolute atomic E-state index is 12.6. The molecule has 0 saturated carbocycles. The van der Waals surface area contributed by atoms with Gasteiger partial charge in [-0.25, -0.2) is 4.68 Å². The number of hydrogen-bond donors (Lipinski definition) is 1. The van der Waals surface area contributed by atoms with Crippen LogP contribution in [-0.4, -0.2) is 25.1 Å². The summed E-state index contributed by atoms with van der Waals surface area (Å²) in [6.07, 6.45) is 5.08. The second-order valence-corrected chi connectivity index (χ2v) is 7.04. The van der Waals surface area contributed by atoms with Crippen LogP contribution in [0.5, 0.6) is 0 Å². The summed E-state index contributed by atoms with van der Waals surface area (Å²) in [5.74, 6) is 0.501. The summed E-state index contributed by atoms with van der Waals surface area (Å²) in [7, 11) is 0. The van der Waals surface area contributed by atoms with Gasteiger partial charge in [0.15, 0.2) is 0 Å².